The number of rotatable bonds is 5. The number of nitrogens with zero attached hydrogens (tertiary/aromatic N) is 5. The lowest BCUT2D eigenvalue weighted by Gasteiger charge is -2.13. The Morgan fingerprint density at radius 2 is 2.06 bits per heavy atom. The van der Waals surface area contributed by atoms with Crippen molar-refractivity contribution in [2.24, 2.45) is 0 Å². The molecule has 4 aromatic rings. The third kappa shape index (κ3) is 4.12. The standard InChI is InChI=1S/C21H19N7O4S/c1-11-6-17(29)25-20(22-11)28-16(9-14(26-28)15-4-3-5-32-15)24-18(30)8-13-10-33-21-23-12(2)7-19(31)27(13)21/h3-7,9,13H,8,10H2,1-2H3,(H,24,30)(H,22,25,29). The van der Waals surface area contributed by atoms with E-state index in [-0.39, 0.29) is 35.4 Å². The third-order valence-corrected chi connectivity index (χ3v) is 6.14. The van der Waals surface area contributed by atoms with E-state index in [9.17, 15) is 14.4 Å². The van der Waals surface area contributed by atoms with Crippen LogP contribution in [-0.4, -0.2) is 41.0 Å². The van der Waals surface area contributed by atoms with Crippen molar-refractivity contribution < 1.29 is 9.21 Å². The Labute approximate surface area is 190 Å². The molecular weight excluding hydrogens is 446 g/mol. The van der Waals surface area contributed by atoms with Crippen molar-refractivity contribution in [2.75, 3.05) is 11.1 Å². The van der Waals surface area contributed by atoms with Crippen molar-refractivity contribution in [3.63, 3.8) is 0 Å². The number of aromatic nitrogens is 6. The monoisotopic (exact) mass is 465 g/mol. The summed E-state index contributed by atoms with van der Waals surface area (Å²) >= 11 is 1.45. The van der Waals surface area contributed by atoms with Gasteiger partial charge in [-0.25, -0.2) is 9.97 Å². The van der Waals surface area contributed by atoms with E-state index in [2.05, 4.69) is 25.4 Å². The number of amides is 1. The Morgan fingerprint density at radius 3 is 2.82 bits per heavy atom. The number of hydrogen-bond donors (Lipinski definition) is 2. The van der Waals surface area contributed by atoms with Gasteiger partial charge < -0.3 is 9.73 Å². The lowest BCUT2D eigenvalue weighted by molar-refractivity contribution is -0.116. The summed E-state index contributed by atoms with van der Waals surface area (Å²) in [6.07, 6.45) is 1.59. The second kappa shape index (κ2) is 8.20. The van der Waals surface area contributed by atoms with Crippen molar-refractivity contribution in [3.8, 4) is 17.4 Å². The fourth-order valence-electron chi connectivity index (χ4n) is 3.66. The number of furan rings is 1. The molecule has 168 valence electrons. The van der Waals surface area contributed by atoms with Gasteiger partial charge in [-0.05, 0) is 26.0 Å². The molecule has 0 bridgehead atoms. The summed E-state index contributed by atoms with van der Waals surface area (Å²) in [5.74, 6) is 1.21. The summed E-state index contributed by atoms with van der Waals surface area (Å²) in [6.45, 7) is 3.46. The topological polar surface area (TPSA) is 141 Å². The predicted octanol–water partition coefficient (Wildman–Crippen LogP) is 2.06. The molecule has 0 spiro atoms. The molecule has 11 nitrogen and oxygen atoms in total. The highest BCUT2D eigenvalue weighted by Gasteiger charge is 2.28. The van der Waals surface area contributed by atoms with Gasteiger partial charge in [-0.1, -0.05) is 11.8 Å². The van der Waals surface area contributed by atoms with Crippen LogP contribution < -0.4 is 16.4 Å². The molecular formula is C21H19N7O4S. The van der Waals surface area contributed by atoms with E-state index in [4.69, 9.17) is 4.42 Å². The number of carbonyl (C=O) groups is 1. The first-order valence-corrected chi connectivity index (χ1v) is 11.1. The molecule has 1 unspecified atom stereocenters. The quantitative estimate of drug-likeness (QED) is 0.427. The highest BCUT2D eigenvalue weighted by atomic mass is 32.2. The molecule has 4 aromatic heterocycles. The first kappa shape index (κ1) is 20.9. The predicted molar refractivity (Wildman–Crippen MR) is 121 cm³/mol. The normalized spacial score (nSPS) is 14.9. The Balaban J connectivity index is 1.45. The number of H-pyrrole nitrogens is 1. The molecule has 0 fully saturated rings. The summed E-state index contributed by atoms with van der Waals surface area (Å²) in [5.41, 5.74) is 1.09. The molecule has 0 radical (unpaired) electrons. The molecule has 1 aliphatic rings. The number of aryl methyl sites for hydroxylation is 2. The minimum atomic E-state index is -0.341. The Bertz CT molecular complexity index is 1470. The van der Waals surface area contributed by atoms with Crippen molar-refractivity contribution in [1.82, 2.24) is 29.3 Å². The van der Waals surface area contributed by atoms with E-state index in [1.54, 1.807) is 36.6 Å². The first-order chi connectivity index (χ1) is 15.9. The minimum Gasteiger partial charge on any atom is -0.463 e. The summed E-state index contributed by atoms with van der Waals surface area (Å²) in [5, 5.41) is 7.90. The van der Waals surface area contributed by atoms with Crippen LogP contribution in [0, 0.1) is 13.8 Å². The number of fused-ring (bicyclic) bond motifs is 1. The van der Waals surface area contributed by atoms with Gasteiger partial charge in [-0.2, -0.15) is 9.78 Å². The molecule has 12 heteroatoms. The molecule has 33 heavy (non-hydrogen) atoms. The molecule has 0 saturated heterocycles. The third-order valence-electron chi connectivity index (χ3n) is 5.05. The van der Waals surface area contributed by atoms with Crippen LogP contribution in [0.5, 0.6) is 0 Å². The Kier molecular flexibility index (Phi) is 5.21. The summed E-state index contributed by atoms with van der Waals surface area (Å²) in [6, 6.07) is 7.60. The van der Waals surface area contributed by atoms with Crippen LogP contribution in [0.25, 0.3) is 17.4 Å². The number of thioether (sulfide) groups is 1. The minimum absolute atomic E-state index is 0.0731. The SMILES string of the molecule is Cc1cc(=O)[nH]c(-n2nc(-c3ccco3)cc2NC(=O)CC2CSc3nc(C)cc(=O)n32)n1. The molecule has 0 aliphatic carbocycles. The van der Waals surface area contributed by atoms with Gasteiger partial charge in [0, 0.05) is 41.8 Å². The number of hydrogen-bond acceptors (Lipinski definition) is 8. The first-order valence-electron chi connectivity index (χ1n) is 10.1. The zero-order chi connectivity index (χ0) is 23.1. The number of nitrogens with one attached hydrogen (secondary N) is 2. The van der Waals surface area contributed by atoms with Crippen LogP contribution in [-0.2, 0) is 4.79 Å². The number of anilines is 1. The van der Waals surface area contributed by atoms with Crippen LogP contribution in [0.3, 0.4) is 0 Å². The van der Waals surface area contributed by atoms with Gasteiger partial charge in [0.2, 0.25) is 11.9 Å². The van der Waals surface area contributed by atoms with Crippen molar-refractivity contribution >= 4 is 23.5 Å². The van der Waals surface area contributed by atoms with Crippen LogP contribution in [0.15, 0.2) is 55.8 Å². The van der Waals surface area contributed by atoms with Gasteiger partial charge in [0.1, 0.15) is 11.5 Å². The van der Waals surface area contributed by atoms with E-state index < -0.39 is 0 Å². The van der Waals surface area contributed by atoms with Crippen LogP contribution in [0.4, 0.5) is 5.82 Å². The second-order valence-corrected chi connectivity index (χ2v) is 8.61. The molecule has 0 aromatic carbocycles. The summed E-state index contributed by atoms with van der Waals surface area (Å²) in [7, 11) is 0. The van der Waals surface area contributed by atoms with Gasteiger partial charge in [0.25, 0.3) is 11.1 Å². The van der Waals surface area contributed by atoms with Gasteiger partial charge in [-0.3, -0.25) is 23.9 Å². The Hall–Kier alpha value is -3.93. The zero-order valence-corrected chi connectivity index (χ0v) is 18.5. The van der Waals surface area contributed by atoms with Gasteiger partial charge in [0.15, 0.2) is 10.9 Å². The molecule has 2 N–H and O–H groups in total. The smallest absolute Gasteiger partial charge is 0.254 e. The number of carbonyl (C=O) groups excluding carboxylic acids is 1. The van der Waals surface area contributed by atoms with Crippen molar-refractivity contribution in [2.45, 2.75) is 31.5 Å². The summed E-state index contributed by atoms with van der Waals surface area (Å²) < 4.78 is 8.32. The maximum absolute atomic E-state index is 13.0. The van der Waals surface area contributed by atoms with E-state index in [1.165, 1.54) is 34.8 Å². The van der Waals surface area contributed by atoms with E-state index >= 15 is 0 Å². The van der Waals surface area contributed by atoms with E-state index in [0.717, 1.165) is 0 Å². The van der Waals surface area contributed by atoms with E-state index in [1.807, 2.05) is 0 Å². The maximum atomic E-state index is 13.0. The van der Waals surface area contributed by atoms with Crippen LogP contribution in [0.2, 0.25) is 0 Å². The van der Waals surface area contributed by atoms with Crippen LogP contribution in [0.1, 0.15) is 23.9 Å². The summed E-state index contributed by atoms with van der Waals surface area (Å²) in [4.78, 5) is 48.7. The molecule has 5 rings (SSSR count). The molecule has 1 aliphatic heterocycles. The van der Waals surface area contributed by atoms with Gasteiger partial charge >= 0.3 is 0 Å². The largest absolute Gasteiger partial charge is 0.463 e. The van der Waals surface area contributed by atoms with Crippen molar-refractivity contribution in [1.29, 1.82) is 0 Å². The molecule has 0 saturated carbocycles. The molecule has 1 atom stereocenters. The fourth-order valence-corrected chi connectivity index (χ4v) is 4.86. The molecule has 5 heterocycles. The van der Waals surface area contributed by atoms with Crippen LogP contribution >= 0.6 is 11.8 Å². The zero-order valence-electron chi connectivity index (χ0n) is 17.7. The Morgan fingerprint density at radius 1 is 1.24 bits per heavy atom. The van der Waals surface area contributed by atoms with E-state index in [0.29, 0.717) is 39.6 Å². The van der Waals surface area contributed by atoms with Gasteiger partial charge in [-0.15, -0.1) is 0 Å². The maximum Gasteiger partial charge on any atom is 0.254 e. The highest BCUT2D eigenvalue weighted by Crippen LogP contribution is 2.32. The highest BCUT2D eigenvalue weighted by molar-refractivity contribution is 7.99. The van der Waals surface area contributed by atoms with Gasteiger partial charge in [0.05, 0.1) is 12.3 Å². The fraction of sp³-hybridized carbons (Fsp3) is 0.238. The number of aromatic amines is 1. The second-order valence-electron chi connectivity index (χ2n) is 7.62. The average molecular weight is 465 g/mol. The van der Waals surface area contributed by atoms with Crippen molar-refractivity contribution in [3.05, 3.63) is 68.7 Å². The lowest BCUT2D eigenvalue weighted by atomic mass is 10.2. The lowest BCUT2D eigenvalue weighted by Crippen LogP contribution is -2.28. The average Bonchev–Trinajstić information content (AvgIpc) is 3.47. The molecule has 1 amide bonds.